The van der Waals surface area contributed by atoms with Crippen molar-refractivity contribution in [1.29, 1.82) is 0 Å². The summed E-state index contributed by atoms with van der Waals surface area (Å²) >= 11 is 18.3. The molecule has 1 aliphatic rings. The molecule has 0 spiro atoms. The molecule has 0 bridgehead atoms. The van der Waals surface area contributed by atoms with Crippen molar-refractivity contribution >= 4 is 46.3 Å². The fourth-order valence-electron chi connectivity index (χ4n) is 3.52. The molecule has 0 radical (unpaired) electrons. The molecule has 3 heterocycles. The van der Waals surface area contributed by atoms with Gasteiger partial charge >= 0.3 is 0 Å². The number of piperidine rings is 1. The molecule has 0 saturated carbocycles. The van der Waals surface area contributed by atoms with Gasteiger partial charge in [-0.2, -0.15) is 9.78 Å². The van der Waals surface area contributed by atoms with Crippen LogP contribution in [0.5, 0.6) is 0 Å². The van der Waals surface area contributed by atoms with Crippen LogP contribution in [0.15, 0.2) is 47.5 Å². The Hall–Kier alpha value is -2.28. The summed E-state index contributed by atoms with van der Waals surface area (Å²) in [5.41, 5.74) is 1.87. The lowest BCUT2D eigenvalue weighted by atomic mass is 10.1. The first-order chi connectivity index (χ1) is 14.5. The third-order valence-electron chi connectivity index (χ3n) is 5.07. The molecule has 156 valence electrons. The van der Waals surface area contributed by atoms with Crippen LogP contribution >= 0.6 is 34.8 Å². The van der Waals surface area contributed by atoms with E-state index in [1.165, 1.54) is 30.1 Å². The first-order valence-electron chi connectivity index (χ1n) is 9.70. The number of nitrogens with zero attached hydrogens (tertiary/aromatic N) is 4. The van der Waals surface area contributed by atoms with Gasteiger partial charge in [0.05, 0.1) is 27.6 Å². The van der Waals surface area contributed by atoms with Gasteiger partial charge in [-0.1, -0.05) is 40.9 Å². The van der Waals surface area contributed by atoms with E-state index in [2.05, 4.69) is 26.4 Å². The van der Waals surface area contributed by atoms with Gasteiger partial charge in [-0.15, -0.1) is 0 Å². The van der Waals surface area contributed by atoms with Crippen LogP contribution < -0.4 is 15.8 Å². The number of hydrogen-bond donors (Lipinski definition) is 1. The summed E-state index contributed by atoms with van der Waals surface area (Å²) in [7, 11) is 0. The quantitative estimate of drug-likeness (QED) is 0.563. The molecule has 0 atom stereocenters. The zero-order valence-electron chi connectivity index (χ0n) is 16.1. The third kappa shape index (κ3) is 4.41. The lowest BCUT2D eigenvalue weighted by Gasteiger charge is -2.29. The van der Waals surface area contributed by atoms with E-state index in [0.29, 0.717) is 17.3 Å². The molecule has 1 N–H and O–H groups in total. The number of halogens is 3. The van der Waals surface area contributed by atoms with E-state index in [-0.39, 0.29) is 10.0 Å². The van der Waals surface area contributed by atoms with Crippen molar-refractivity contribution in [2.75, 3.05) is 23.3 Å². The van der Waals surface area contributed by atoms with Crippen molar-refractivity contribution in [3.63, 3.8) is 0 Å². The van der Waals surface area contributed by atoms with Gasteiger partial charge in [0.25, 0.3) is 5.56 Å². The van der Waals surface area contributed by atoms with E-state index in [9.17, 15) is 4.79 Å². The Morgan fingerprint density at radius 3 is 2.60 bits per heavy atom. The standard InChI is InChI=1S/C21H20Cl3N5O/c22-16-11-15(29-21(30)19(24)17(23)13-27-29)6-7-18(16)26-12-14-5-4-8-25-20(14)28-9-2-1-3-10-28/h4-8,11,13,26H,1-3,9-10,12H2. The molecule has 1 fully saturated rings. The SMILES string of the molecule is O=c1c(Cl)c(Cl)cnn1-c1ccc(NCc2cccnc2N2CCCCC2)c(Cl)c1. The van der Waals surface area contributed by atoms with Crippen molar-refractivity contribution in [1.82, 2.24) is 14.8 Å². The van der Waals surface area contributed by atoms with Gasteiger partial charge in [-0.05, 0) is 43.5 Å². The van der Waals surface area contributed by atoms with E-state index in [1.807, 2.05) is 18.3 Å². The van der Waals surface area contributed by atoms with E-state index >= 15 is 0 Å². The predicted octanol–water partition coefficient (Wildman–Crippen LogP) is 5.19. The van der Waals surface area contributed by atoms with Crippen LogP contribution in [0.1, 0.15) is 24.8 Å². The molecular formula is C21H20Cl3N5O. The Morgan fingerprint density at radius 1 is 1.03 bits per heavy atom. The van der Waals surface area contributed by atoms with Gasteiger partial charge in [0.2, 0.25) is 0 Å². The topological polar surface area (TPSA) is 63.1 Å². The largest absolute Gasteiger partial charge is 0.380 e. The maximum absolute atomic E-state index is 12.3. The highest BCUT2D eigenvalue weighted by atomic mass is 35.5. The first-order valence-corrected chi connectivity index (χ1v) is 10.8. The van der Waals surface area contributed by atoms with Crippen LogP contribution in [-0.4, -0.2) is 27.9 Å². The van der Waals surface area contributed by atoms with Crippen LogP contribution in [-0.2, 0) is 6.54 Å². The number of aromatic nitrogens is 3. The molecule has 3 aromatic rings. The molecule has 0 unspecified atom stereocenters. The summed E-state index contributed by atoms with van der Waals surface area (Å²) in [6, 6.07) is 9.24. The molecule has 6 nitrogen and oxygen atoms in total. The average molecular weight is 465 g/mol. The lowest BCUT2D eigenvalue weighted by molar-refractivity contribution is 0.572. The number of anilines is 2. The first kappa shape index (κ1) is 21.0. The number of benzene rings is 1. The van der Waals surface area contributed by atoms with E-state index in [1.54, 1.807) is 12.1 Å². The summed E-state index contributed by atoms with van der Waals surface area (Å²) in [6.45, 7) is 2.65. The molecule has 1 aliphatic heterocycles. The van der Waals surface area contributed by atoms with Crippen molar-refractivity contribution < 1.29 is 0 Å². The summed E-state index contributed by atoms with van der Waals surface area (Å²) < 4.78 is 1.17. The number of pyridine rings is 1. The van der Waals surface area contributed by atoms with E-state index in [4.69, 9.17) is 34.8 Å². The molecule has 30 heavy (non-hydrogen) atoms. The lowest BCUT2D eigenvalue weighted by Crippen LogP contribution is -2.31. The maximum Gasteiger partial charge on any atom is 0.291 e. The van der Waals surface area contributed by atoms with E-state index < -0.39 is 5.56 Å². The van der Waals surface area contributed by atoms with Crippen molar-refractivity contribution in [2.24, 2.45) is 0 Å². The van der Waals surface area contributed by atoms with Crippen LogP contribution in [0, 0.1) is 0 Å². The fourth-order valence-corrected chi connectivity index (χ4v) is 4.02. The van der Waals surface area contributed by atoms with Crippen molar-refractivity contribution in [2.45, 2.75) is 25.8 Å². The van der Waals surface area contributed by atoms with Gasteiger partial charge in [0, 0.05) is 31.4 Å². The minimum atomic E-state index is -0.498. The second-order valence-corrected chi connectivity index (χ2v) is 8.27. The van der Waals surface area contributed by atoms with Gasteiger partial charge in [-0.3, -0.25) is 4.79 Å². The Morgan fingerprint density at radius 2 is 1.83 bits per heavy atom. The smallest absolute Gasteiger partial charge is 0.291 e. The highest BCUT2D eigenvalue weighted by Gasteiger charge is 2.16. The number of hydrogen-bond acceptors (Lipinski definition) is 5. The molecule has 4 rings (SSSR count). The molecule has 1 aromatic carbocycles. The summed E-state index contributed by atoms with van der Waals surface area (Å²) in [6.07, 6.45) is 6.82. The Labute approximate surface area is 189 Å². The Kier molecular flexibility index (Phi) is 6.46. The van der Waals surface area contributed by atoms with E-state index in [0.717, 1.165) is 30.2 Å². The van der Waals surface area contributed by atoms with Crippen LogP contribution in [0.2, 0.25) is 15.1 Å². The zero-order chi connectivity index (χ0) is 21.1. The zero-order valence-corrected chi connectivity index (χ0v) is 18.4. The minimum absolute atomic E-state index is 0.0770. The van der Waals surface area contributed by atoms with Gasteiger partial charge in [0.1, 0.15) is 10.8 Å². The Bertz CT molecular complexity index is 1110. The highest BCUT2D eigenvalue weighted by Crippen LogP contribution is 2.27. The third-order valence-corrected chi connectivity index (χ3v) is 6.13. The molecule has 0 aliphatic carbocycles. The predicted molar refractivity (Wildman–Crippen MR) is 122 cm³/mol. The molecule has 1 saturated heterocycles. The number of nitrogens with one attached hydrogen (secondary N) is 1. The molecule has 2 aromatic heterocycles. The minimum Gasteiger partial charge on any atom is -0.380 e. The normalized spacial score (nSPS) is 14.0. The van der Waals surface area contributed by atoms with Gasteiger partial charge < -0.3 is 10.2 Å². The molecule has 9 heteroatoms. The van der Waals surface area contributed by atoms with Crippen LogP contribution in [0.4, 0.5) is 11.5 Å². The summed E-state index contributed by atoms with van der Waals surface area (Å²) in [4.78, 5) is 19.2. The van der Waals surface area contributed by atoms with Gasteiger partial charge in [0.15, 0.2) is 0 Å². The second-order valence-electron chi connectivity index (χ2n) is 7.07. The maximum atomic E-state index is 12.3. The van der Waals surface area contributed by atoms with Crippen LogP contribution in [0.3, 0.4) is 0 Å². The molecule has 0 amide bonds. The molecular weight excluding hydrogens is 445 g/mol. The van der Waals surface area contributed by atoms with Crippen molar-refractivity contribution in [3.05, 3.63) is 73.7 Å². The number of rotatable bonds is 5. The second kappa shape index (κ2) is 9.25. The highest BCUT2D eigenvalue weighted by molar-refractivity contribution is 6.41. The average Bonchev–Trinajstić information content (AvgIpc) is 2.77. The van der Waals surface area contributed by atoms with Gasteiger partial charge in [-0.25, -0.2) is 4.98 Å². The summed E-state index contributed by atoms with van der Waals surface area (Å²) in [5.74, 6) is 1.02. The van der Waals surface area contributed by atoms with Crippen LogP contribution in [0.25, 0.3) is 5.69 Å². The Balaban J connectivity index is 1.53. The summed E-state index contributed by atoms with van der Waals surface area (Å²) in [5, 5.41) is 7.91. The monoisotopic (exact) mass is 463 g/mol. The fraction of sp³-hybridized carbons (Fsp3) is 0.286. The van der Waals surface area contributed by atoms with Crippen molar-refractivity contribution in [3.8, 4) is 5.69 Å².